The second-order valence-corrected chi connectivity index (χ2v) is 8.60. The van der Waals surface area contributed by atoms with E-state index in [9.17, 15) is 5.11 Å². The Balaban J connectivity index is 1.60. The maximum absolute atomic E-state index is 9.71. The summed E-state index contributed by atoms with van der Waals surface area (Å²) in [6.07, 6.45) is 4.79. The summed E-state index contributed by atoms with van der Waals surface area (Å²) in [4.78, 5) is 7.47. The number of nitrogens with one attached hydrogen (secondary N) is 2. The average molecular weight is 373 g/mol. The van der Waals surface area contributed by atoms with Gasteiger partial charge in [0, 0.05) is 31.2 Å². The number of benzene rings is 1. The molecule has 0 atom stereocenters. The summed E-state index contributed by atoms with van der Waals surface area (Å²) in [5.74, 6) is 0.907. The van der Waals surface area contributed by atoms with Crippen molar-refractivity contribution in [2.75, 3.05) is 19.6 Å². The number of aliphatic hydroxyl groups excluding tert-OH is 1. The minimum absolute atomic E-state index is 0.0125. The Hall–Kier alpha value is -1.59. The van der Waals surface area contributed by atoms with Crippen LogP contribution >= 0.6 is 0 Å². The van der Waals surface area contributed by atoms with Crippen LogP contribution in [0, 0.1) is 0 Å². The SMILES string of the molecule is CCNC(=NCC(C)(C)N1CCc2ccccc2C1)NC1CCC(O)CC1. The molecule has 5 nitrogen and oxygen atoms in total. The summed E-state index contributed by atoms with van der Waals surface area (Å²) in [6, 6.07) is 9.21. The van der Waals surface area contributed by atoms with Crippen molar-refractivity contribution in [1.29, 1.82) is 0 Å². The summed E-state index contributed by atoms with van der Waals surface area (Å²) in [5.41, 5.74) is 2.95. The molecule has 150 valence electrons. The molecule has 0 bridgehead atoms. The van der Waals surface area contributed by atoms with Gasteiger partial charge in [-0.15, -0.1) is 0 Å². The molecular weight excluding hydrogens is 336 g/mol. The van der Waals surface area contributed by atoms with E-state index in [0.717, 1.165) is 64.2 Å². The fourth-order valence-corrected chi connectivity index (χ4v) is 4.12. The predicted molar refractivity (Wildman–Crippen MR) is 112 cm³/mol. The van der Waals surface area contributed by atoms with Gasteiger partial charge >= 0.3 is 0 Å². The molecule has 1 saturated carbocycles. The molecule has 0 unspecified atom stereocenters. The van der Waals surface area contributed by atoms with Gasteiger partial charge in [0.05, 0.1) is 12.6 Å². The highest BCUT2D eigenvalue weighted by Gasteiger charge is 2.30. The Kier molecular flexibility index (Phi) is 6.77. The molecule has 1 aliphatic heterocycles. The lowest BCUT2D eigenvalue weighted by Gasteiger charge is -2.41. The predicted octanol–water partition coefficient (Wildman–Crippen LogP) is 2.68. The van der Waals surface area contributed by atoms with Gasteiger partial charge in [0.25, 0.3) is 0 Å². The number of hydrogen-bond acceptors (Lipinski definition) is 3. The second kappa shape index (κ2) is 9.07. The number of hydrogen-bond donors (Lipinski definition) is 3. The van der Waals surface area contributed by atoms with Crippen molar-refractivity contribution in [3.05, 3.63) is 35.4 Å². The molecule has 1 heterocycles. The van der Waals surface area contributed by atoms with Crippen LogP contribution in [0.25, 0.3) is 0 Å². The molecule has 0 radical (unpaired) electrons. The van der Waals surface area contributed by atoms with Crippen LogP contribution in [0.3, 0.4) is 0 Å². The smallest absolute Gasteiger partial charge is 0.191 e. The van der Waals surface area contributed by atoms with Gasteiger partial charge in [-0.2, -0.15) is 0 Å². The molecule has 1 aliphatic carbocycles. The molecule has 3 rings (SSSR count). The lowest BCUT2D eigenvalue weighted by Crippen LogP contribution is -2.50. The first kappa shape index (κ1) is 20.2. The highest BCUT2D eigenvalue weighted by atomic mass is 16.3. The topological polar surface area (TPSA) is 59.9 Å². The van der Waals surface area contributed by atoms with Crippen LogP contribution in [-0.2, 0) is 13.0 Å². The van der Waals surface area contributed by atoms with Crippen molar-refractivity contribution in [3.8, 4) is 0 Å². The van der Waals surface area contributed by atoms with Crippen molar-refractivity contribution in [2.24, 2.45) is 4.99 Å². The Morgan fingerprint density at radius 3 is 2.59 bits per heavy atom. The van der Waals surface area contributed by atoms with Crippen molar-refractivity contribution in [1.82, 2.24) is 15.5 Å². The van der Waals surface area contributed by atoms with Crippen molar-refractivity contribution in [2.45, 2.75) is 77.1 Å². The molecule has 27 heavy (non-hydrogen) atoms. The highest BCUT2D eigenvalue weighted by Crippen LogP contribution is 2.25. The van der Waals surface area contributed by atoms with E-state index in [2.05, 4.69) is 60.6 Å². The van der Waals surface area contributed by atoms with E-state index in [1.54, 1.807) is 0 Å². The minimum atomic E-state index is -0.122. The van der Waals surface area contributed by atoms with Crippen LogP contribution in [0.15, 0.2) is 29.3 Å². The van der Waals surface area contributed by atoms with Crippen LogP contribution in [0.4, 0.5) is 0 Å². The largest absolute Gasteiger partial charge is 0.393 e. The van der Waals surface area contributed by atoms with Crippen LogP contribution in [0.1, 0.15) is 57.6 Å². The second-order valence-electron chi connectivity index (χ2n) is 8.60. The van der Waals surface area contributed by atoms with Crippen LogP contribution in [0.2, 0.25) is 0 Å². The fourth-order valence-electron chi connectivity index (χ4n) is 4.12. The summed E-state index contributed by atoms with van der Waals surface area (Å²) >= 11 is 0. The lowest BCUT2D eigenvalue weighted by molar-refractivity contribution is 0.111. The van der Waals surface area contributed by atoms with Gasteiger partial charge in [0.2, 0.25) is 0 Å². The molecule has 3 N–H and O–H groups in total. The maximum atomic E-state index is 9.71. The molecule has 0 amide bonds. The Morgan fingerprint density at radius 2 is 1.89 bits per heavy atom. The maximum Gasteiger partial charge on any atom is 0.191 e. The molecule has 1 aromatic carbocycles. The Morgan fingerprint density at radius 1 is 1.19 bits per heavy atom. The first-order valence-electron chi connectivity index (χ1n) is 10.5. The third kappa shape index (κ3) is 5.45. The van der Waals surface area contributed by atoms with Crippen LogP contribution in [0.5, 0.6) is 0 Å². The van der Waals surface area contributed by atoms with E-state index >= 15 is 0 Å². The van der Waals surface area contributed by atoms with Gasteiger partial charge in [0.1, 0.15) is 0 Å². The molecule has 0 aromatic heterocycles. The van der Waals surface area contributed by atoms with E-state index in [0.29, 0.717) is 6.04 Å². The third-order valence-electron chi connectivity index (χ3n) is 5.99. The monoisotopic (exact) mass is 372 g/mol. The summed E-state index contributed by atoms with van der Waals surface area (Å²) in [7, 11) is 0. The molecule has 1 aromatic rings. The van der Waals surface area contributed by atoms with E-state index < -0.39 is 0 Å². The molecule has 0 spiro atoms. The Labute approximate surface area is 164 Å². The van der Waals surface area contributed by atoms with E-state index in [-0.39, 0.29) is 11.6 Å². The lowest BCUT2D eigenvalue weighted by atomic mass is 9.93. The number of guanidine groups is 1. The first-order chi connectivity index (χ1) is 13.0. The quantitative estimate of drug-likeness (QED) is 0.549. The number of aliphatic imine (C=N–C) groups is 1. The van der Waals surface area contributed by atoms with Gasteiger partial charge in [0.15, 0.2) is 5.96 Å². The average Bonchev–Trinajstić information content (AvgIpc) is 2.67. The number of rotatable bonds is 5. The van der Waals surface area contributed by atoms with Crippen molar-refractivity contribution < 1.29 is 5.11 Å². The van der Waals surface area contributed by atoms with Gasteiger partial charge in [-0.05, 0) is 64.0 Å². The molecule has 2 aliphatic rings. The zero-order chi connectivity index (χ0) is 19.3. The minimum Gasteiger partial charge on any atom is -0.393 e. The standard InChI is InChI=1S/C22H36N4O/c1-4-23-21(25-19-9-11-20(27)12-10-19)24-16-22(2,3)26-14-13-17-7-5-6-8-18(17)15-26/h5-8,19-20,27H,4,9-16H2,1-3H3,(H2,23,24,25). The van der Waals surface area contributed by atoms with Crippen molar-refractivity contribution in [3.63, 3.8) is 0 Å². The number of nitrogens with zero attached hydrogens (tertiary/aromatic N) is 2. The van der Waals surface area contributed by atoms with Gasteiger partial charge in [-0.3, -0.25) is 9.89 Å². The van der Waals surface area contributed by atoms with Gasteiger partial charge < -0.3 is 15.7 Å². The highest BCUT2D eigenvalue weighted by molar-refractivity contribution is 5.80. The molecule has 5 heteroatoms. The molecular formula is C22H36N4O. The van der Waals surface area contributed by atoms with Gasteiger partial charge in [-0.1, -0.05) is 24.3 Å². The molecule has 0 saturated heterocycles. The normalized spacial score (nSPS) is 24.4. The van der Waals surface area contributed by atoms with Crippen LogP contribution in [-0.4, -0.2) is 53.3 Å². The van der Waals surface area contributed by atoms with Gasteiger partial charge in [-0.25, -0.2) is 0 Å². The Bertz CT molecular complexity index is 635. The van der Waals surface area contributed by atoms with E-state index in [4.69, 9.17) is 4.99 Å². The van der Waals surface area contributed by atoms with E-state index in [1.807, 2.05) is 0 Å². The zero-order valence-corrected chi connectivity index (χ0v) is 17.2. The fraction of sp³-hybridized carbons (Fsp3) is 0.682. The van der Waals surface area contributed by atoms with Crippen molar-refractivity contribution >= 4 is 5.96 Å². The summed E-state index contributed by atoms with van der Waals surface area (Å²) in [6.45, 7) is 10.4. The first-order valence-corrected chi connectivity index (χ1v) is 10.5. The number of fused-ring (bicyclic) bond motifs is 1. The summed E-state index contributed by atoms with van der Waals surface area (Å²) in [5, 5.41) is 16.7. The summed E-state index contributed by atoms with van der Waals surface area (Å²) < 4.78 is 0. The van der Waals surface area contributed by atoms with E-state index in [1.165, 1.54) is 11.1 Å². The third-order valence-corrected chi connectivity index (χ3v) is 5.99. The number of aliphatic hydroxyl groups is 1. The van der Waals surface area contributed by atoms with Crippen LogP contribution < -0.4 is 10.6 Å². The zero-order valence-electron chi connectivity index (χ0n) is 17.2. The molecule has 1 fully saturated rings.